The SMILES string of the molecule is CC/C=C/C/C=C/C/C=C/C/C=C/C/C=C/CCCCCCC(=O)OCC(COCCC(C(=O)O)[N+](C)(C)C)OC(=O)CCCCCC/C=C/C/C=C/C/C=C/CC. The minimum atomic E-state index is -0.888. The molecule has 2 atom stereocenters. The summed E-state index contributed by atoms with van der Waals surface area (Å²) in [4.78, 5) is 37.0. The van der Waals surface area contributed by atoms with Crippen LogP contribution >= 0.6 is 0 Å². The molecule has 0 aromatic heterocycles. The molecule has 0 aliphatic rings. The summed E-state index contributed by atoms with van der Waals surface area (Å²) >= 11 is 0. The highest BCUT2D eigenvalue weighted by Gasteiger charge is 2.31. The minimum absolute atomic E-state index is 0.0370. The number of ether oxygens (including phenoxy) is 3. The molecule has 8 heteroatoms. The van der Waals surface area contributed by atoms with Crippen LogP contribution in [0.4, 0.5) is 0 Å². The molecule has 0 aliphatic heterocycles. The molecular formula is C50H82NO7+. The Morgan fingerprint density at radius 2 is 0.914 bits per heavy atom. The van der Waals surface area contributed by atoms with Gasteiger partial charge in [0, 0.05) is 19.3 Å². The van der Waals surface area contributed by atoms with E-state index in [-0.39, 0.29) is 36.2 Å². The lowest BCUT2D eigenvalue weighted by Crippen LogP contribution is -2.50. The number of nitrogens with zero attached hydrogens (tertiary/aromatic N) is 1. The zero-order chi connectivity index (χ0) is 42.8. The van der Waals surface area contributed by atoms with Gasteiger partial charge in [0.25, 0.3) is 0 Å². The first-order valence-corrected chi connectivity index (χ1v) is 22.3. The minimum Gasteiger partial charge on any atom is -0.477 e. The van der Waals surface area contributed by atoms with Gasteiger partial charge in [0.1, 0.15) is 6.61 Å². The Hall–Kier alpha value is -3.75. The quantitative estimate of drug-likeness (QED) is 0.0287. The third-order valence-electron chi connectivity index (χ3n) is 9.23. The van der Waals surface area contributed by atoms with Crippen molar-refractivity contribution in [1.82, 2.24) is 0 Å². The fourth-order valence-corrected chi connectivity index (χ4v) is 5.84. The standard InChI is InChI=1S/C50H81NO7/c1-6-8-10-12-14-16-18-20-22-23-24-25-26-27-29-30-32-34-36-38-40-48(52)57-45-46(44-56-43-42-47(50(54)55)51(3,4)5)58-49(53)41-39-37-35-33-31-28-21-19-17-15-13-11-9-7-2/h8-11,14-17,20-22,24-25,27-29,46-47H,6-7,12-13,18-19,23,26,30-45H2,1-5H3/p+1/b10-8+,11-9+,16-14+,17-15+,22-20+,25-24+,28-21+,29-27+. The Kier molecular flexibility index (Phi) is 37.5. The first-order valence-electron chi connectivity index (χ1n) is 22.3. The van der Waals surface area contributed by atoms with Crippen molar-refractivity contribution in [3.05, 3.63) is 97.2 Å². The third kappa shape index (κ3) is 37.8. The number of allylic oxidation sites excluding steroid dienone is 16. The second-order valence-electron chi connectivity index (χ2n) is 15.5. The van der Waals surface area contributed by atoms with Crippen LogP contribution in [0.25, 0.3) is 0 Å². The molecule has 0 saturated carbocycles. The van der Waals surface area contributed by atoms with Crippen LogP contribution < -0.4 is 0 Å². The van der Waals surface area contributed by atoms with E-state index in [4.69, 9.17) is 14.2 Å². The number of carboxylic acids is 1. The van der Waals surface area contributed by atoms with Gasteiger partial charge in [-0.05, 0) is 89.9 Å². The van der Waals surface area contributed by atoms with Crippen LogP contribution in [0, 0.1) is 0 Å². The molecule has 1 N–H and O–H groups in total. The van der Waals surface area contributed by atoms with Gasteiger partial charge in [-0.2, -0.15) is 0 Å². The van der Waals surface area contributed by atoms with Crippen LogP contribution in [0.2, 0.25) is 0 Å². The van der Waals surface area contributed by atoms with E-state index in [0.717, 1.165) is 116 Å². The Bertz CT molecular complexity index is 1260. The molecule has 2 unspecified atom stereocenters. The Morgan fingerprint density at radius 1 is 0.517 bits per heavy atom. The predicted octanol–water partition coefficient (Wildman–Crippen LogP) is 12.3. The number of hydrogen-bond acceptors (Lipinski definition) is 6. The number of esters is 2. The second kappa shape index (κ2) is 40.0. The van der Waals surface area contributed by atoms with E-state index in [2.05, 4.69) is 111 Å². The number of hydrogen-bond donors (Lipinski definition) is 1. The van der Waals surface area contributed by atoms with Crippen molar-refractivity contribution >= 4 is 17.9 Å². The highest BCUT2D eigenvalue weighted by atomic mass is 16.6. The first kappa shape index (κ1) is 54.2. The first-order chi connectivity index (χ1) is 28.1. The van der Waals surface area contributed by atoms with Crippen molar-refractivity contribution in [1.29, 1.82) is 0 Å². The van der Waals surface area contributed by atoms with Gasteiger partial charge in [0.15, 0.2) is 12.1 Å². The van der Waals surface area contributed by atoms with Crippen molar-refractivity contribution in [2.45, 2.75) is 161 Å². The summed E-state index contributed by atoms with van der Waals surface area (Å²) in [5.74, 6) is -1.54. The summed E-state index contributed by atoms with van der Waals surface area (Å²) < 4.78 is 17.2. The number of quaternary nitrogens is 1. The van der Waals surface area contributed by atoms with Gasteiger partial charge in [0.2, 0.25) is 0 Å². The van der Waals surface area contributed by atoms with Gasteiger partial charge in [-0.3, -0.25) is 9.59 Å². The number of rotatable bonds is 38. The molecule has 0 saturated heterocycles. The van der Waals surface area contributed by atoms with E-state index >= 15 is 0 Å². The van der Waals surface area contributed by atoms with Gasteiger partial charge in [-0.1, -0.05) is 137 Å². The third-order valence-corrected chi connectivity index (χ3v) is 9.23. The highest BCUT2D eigenvalue weighted by Crippen LogP contribution is 2.12. The number of carbonyl (C=O) groups is 3. The molecule has 0 bridgehead atoms. The van der Waals surface area contributed by atoms with Crippen molar-refractivity contribution < 1.29 is 38.2 Å². The van der Waals surface area contributed by atoms with E-state index in [9.17, 15) is 19.5 Å². The summed E-state index contributed by atoms with van der Waals surface area (Å²) in [7, 11) is 5.50. The van der Waals surface area contributed by atoms with Crippen molar-refractivity contribution in [3.8, 4) is 0 Å². The zero-order valence-corrected chi connectivity index (χ0v) is 37.2. The van der Waals surface area contributed by atoms with E-state index in [1.165, 1.54) is 0 Å². The molecule has 0 heterocycles. The molecule has 0 radical (unpaired) electrons. The van der Waals surface area contributed by atoms with Crippen molar-refractivity contribution in [3.63, 3.8) is 0 Å². The van der Waals surface area contributed by atoms with Crippen LogP contribution in [-0.2, 0) is 28.6 Å². The fourth-order valence-electron chi connectivity index (χ4n) is 5.84. The molecule has 0 spiro atoms. The summed E-state index contributed by atoms with van der Waals surface area (Å²) in [6.45, 7) is 4.43. The molecule has 0 aromatic rings. The molecule has 0 aliphatic carbocycles. The molecular weight excluding hydrogens is 727 g/mol. The van der Waals surface area contributed by atoms with Gasteiger partial charge < -0.3 is 23.8 Å². The van der Waals surface area contributed by atoms with Gasteiger partial charge in [0.05, 0.1) is 34.4 Å². The molecule has 8 nitrogen and oxygen atoms in total. The van der Waals surface area contributed by atoms with Gasteiger partial charge in [-0.15, -0.1) is 0 Å². The lowest BCUT2D eigenvalue weighted by atomic mass is 10.1. The van der Waals surface area contributed by atoms with Crippen LogP contribution in [0.15, 0.2) is 97.2 Å². The van der Waals surface area contributed by atoms with E-state index in [1.54, 1.807) is 0 Å². The Balaban J connectivity index is 4.42. The number of unbranched alkanes of at least 4 members (excludes halogenated alkanes) is 8. The van der Waals surface area contributed by atoms with Crippen molar-refractivity contribution in [2.75, 3.05) is 41.0 Å². The number of likely N-dealkylation sites (N-methyl/N-ethyl adjacent to an activating group) is 1. The number of aliphatic carboxylic acids is 1. The summed E-state index contributed by atoms with van der Waals surface area (Å²) in [6, 6.07) is -0.628. The highest BCUT2D eigenvalue weighted by molar-refractivity contribution is 5.72. The van der Waals surface area contributed by atoms with Crippen LogP contribution in [0.3, 0.4) is 0 Å². The fraction of sp³-hybridized carbons (Fsp3) is 0.620. The van der Waals surface area contributed by atoms with Crippen LogP contribution in [-0.4, -0.2) is 80.6 Å². The smallest absolute Gasteiger partial charge is 0.362 e. The Labute approximate surface area is 354 Å². The van der Waals surface area contributed by atoms with E-state index in [0.29, 0.717) is 19.3 Å². The lowest BCUT2D eigenvalue weighted by molar-refractivity contribution is -0.887. The molecule has 0 aromatic carbocycles. The normalized spacial score (nSPS) is 13.9. The van der Waals surface area contributed by atoms with Gasteiger partial charge >= 0.3 is 17.9 Å². The average molecular weight is 809 g/mol. The molecule has 0 rings (SSSR count). The summed E-state index contributed by atoms with van der Waals surface area (Å²) in [5.41, 5.74) is 0. The lowest BCUT2D eigenvalue weighted by Gasteiger charge is -2.31. The maximum atomic E-state index is 12.7. The molecule has 58 heavy (non-hydrogen) atoms. The predicted molar refractivity (Wildman–Crippen MR) is 243 cm³/mol. The van der Waals surface area contributed by atoms with Crippen LogP contribution in [0.5, 0.6) is 0 Å². The van der Waals surface area contributed by atoms with Crippen molar-refractivity contribution in [2.24, 2.45) is 0 Å². The largest absolute Gasteiger partial charge is 0.477 e. The van der Waals surface area contributed by atoms with E-state index in [1.807, 2.05) is 21.1 Å². The van der Waals surface area contributed by atoms with Crippen LogP contribution in [0.1, 0.15) is 149 Å². The van der Waals surface area contributed by atoms with Gasteiger partial charge in [-0.25, -0.2) is 4.79 Å². The monoisotopic (exact) mass is 809 g/mol. The topological polar surface area (TPSA) is 99.1 Å². The number of carboxylic acid groups (broad SMARTS) is 1. The average Bonchev–Trinajstić information content (AvgIpc) is 3.18. The Morgan fingerprint density at radius 3 is 1.33 bits per heavy atom. The molecule has 0 amide bonds. The second-order valence-corrected chi connectivity index (χ2v) is 15.5. The number of carbonyl (C=O) groups excluding carboxylic acids is 2. The summed E-state index contributed by atoms with van der Waals surface area (Å²) in [6.07, 6.45) is 53.1. The summed E-state index contributed by atoms with van der Waals surface area (Å²) in [5, 5.41) is 9.62. The molecule has 0 fully saturated rings. The zero-order valence-electron chi connectivity index (χ0n) is 37.2. The molecule has 328 valence electrons. The maximum absolute atomic E-state index is 12.7. The maximum Gasteiger partial charge on any atom is 0.362 e. The van der Waals surface area contributed by atoms with E-state index < -0.39 is 18.1 Å².